The van der Waals surface area contributed by atoms with E-state index < -0.39 is 0 Å². The third kappa shape index (κ3) is 2.70. The van der Waals surface area contributed by atoms with Crippen molar-refractivity contribution in [3.8, 4) is 0 Å². The van der Waals surface area contributed by atoms with Crippen molar-refractivity contribution in [2.45, 2.75) is 32.1 Å². The largest absolute Gasteiger partial charge is 0.118 e. The highest BCUT2D eigenvalue weighted by Crippen LogP contribution is 2.24. The van der Waals surface area contributed by atoms with E-state index in [2.05, 4.69) is 32.1 Å². The lowest BCUT2D eigenvalue weighted by molar-refractivity contribution is 0.625. The highest BCUT2D eigenvalue weighted by molar-refractivity contribution is 6.22. The molecule has 0 amide bonds. The standard InChI is InChI=1S/C10H15Cl/c1-8(2)7-9-5-3-4-6-10(9)11/h3-5,8,10H,6-7H2,1-2H3. The molecule has 62 valence electrons. The van der Waals surface area contributed by atoms with Crippen LogP contribution in [0.1, 0.15) is 26.7 Å². The maximum absolute atomic E-state index is 6.11. The molecule has 0 aromatic carbocycles. The lowest BCUT2D eigenvalue weighted by Gasteiger charge is -2.16. The molecule has 0 aliphatic heterocycles. The monoisotopic (exact) mass is 170 g/mol. The van der Waals surface area contributed by atoms with Crippen molar-refractivity contribution in [1.29, 1.82) is 0 Å². The summed E-state index contributed by atoms with van der Waals surface area (Å²) in [6.07, 6.45) is 8.53. The molecule has 1 heteroatoms. The summed E-state index contributed by atoms with van der Waals surface area (Å²) in [6, 6.07) is 0. The number of halogens is 1. The van der Waals surface area contributed by atoms with Crippen molar-refractivity contribution in [2.75, 3.05) is 0 Å². The van der Waals surface area contributed by atoms with E-state index in [-0.39, 0.29) is 5.38 Å². The minimum Gasteiger partial charge on any atom is -0.118 e. The Morgan fingerprint density at radius 2 is 2.36 bits per heavy atom. The second kappa shape index (κ2) is 3.96. The van der Waals surface area contributed by atoms with Crippen molar-refractivity contribution in [2.24, 2.45) is 5.92 Å². The number of hydrogen-bond donors (Lipinski definition) is 0. The Hall–Kier alpha value is -0.230. The maximum atomic E-state index is 6.11. The first kappa shape index (κ1) is 8.86. The van der Waals surface area contributed by atoms with Gasteiger partial charge >= 0.3 is 0 Å². The van der Waals surface area contributed by atoms with Crippen molar-refractivity contribution >= 4 is 11.6 Å². The molecular formula is C10H15Cl. The Labute approximate surface area is 73.9 Å². The van der Waals surface area contributed by atoms with Gasteiger partial charge in [-0.2, -0.15) is 0 Å². The maximum Gasteiger partial charge on any atom is 0.0582 e. The fourth-order valence-corrected chi connectivity index (χ4v) is 1.58. The molecule has 0 fully saturated rings. The van der Waals surface area contributed by atoms with Gasteiger partial charge in [0, 0.05) is 0 Å². The molecule has 0 heterocycles. The molecule has 1 unspecified atom stereocenters. The van der Waals surface area contributed by atoms with Gasteiger partial charge in [-0.05, 0) is 18.8 Å². The van der Waals surface area contributed by atoms with Crippen LogP contribution in [0.25, 0.3) is 0 Å². The molecule has 0 saturated carbocycles. The van der Waals surface area contributed by atoms with Gasteiger partial charge in [0.05, 0.1) is 5.38 Å². The third-order valence-electron chi connectivity index (χ3n) is 1.84. The normalized spacial score (nSPS) is 24.0. The molecule has 0 saturated heterocycles. The zero-order valence-corrected chi connectivity index (χ0v) is 7.93. The summed E-state index contributed by atoms with van der Waals surface area (Å²) in [7, 11) is 0. The number of allylic oxidation sites excluding steroid dienone is 4. The highest BCUT2D eigenvalue weighted by Gasteiger charge is 2.12. The van der Waals surface area contributed by atoms with Gasteiger partial charge in [0.15, 0.2) is 0 Å². The minimum absolute atomic E-state index is 0.252. The summed E-state index contributed by atoms with van der Waals surface area (Å²) in [5.74, 6) is 0.717. The van der Waals surface area contributed by atoms with Gasteiger partial charge < -0.3 is 0 Å². The molecule has 0 aromatic rings. The number of rotatable bonds is 2. The highest BCUT2D eigenvalue weighted by atomic mass is 35.5. The fourth-order valence-electron chi connectivity index (χ4n) is 1.31. The zero-order chi connectivity index (χ0) is 8.27. The fraction of sp³-hybridized carbons (Fsp3) is 0.600. The Bertz CT molecular complexity index is 177. The van der Waals surface area contributed by atoms with E-state index in [1.165, 1.54) is 5.57 Å². The van der Waals surface area contributed by atoms with Crippen LogP contribution in [0.3, 0.4) is 0 Å². The van der Waals surface area contributed by atoms with E-state index >= 15 is 0 Å². The molecule has 0 N–H and O–H groups in total. The Kier molecular flexibility index (Phi) is 3.19. The summed E-state index contributed by atoms with van der Waals surface area (Å²) in [4.78, 5) is 0. The Morgan fingerprint density at radius 3 is 2.91 bits per heavy atom. The molecule has 0 nitrogen and oxygen atoms in total. The van der Waals surface area contributed by atoms with Crippen LogP contribution in [0.5, 0.6) is 0 Å². The van der Waals surface area contributed by atoms with Crippen LogP contribution in [0.15, 0.2) is 23.8 Å². The van der Waals surface area contributed by atoms with Gasteiger partial charge in [0.25, 0.3) is 0 Å². The SMILES string of the molecule is CC(C)CC1=CC=CCC1Cl. The van der Waals surface area contributed by atoms with Crippen LogP contribution in [-0.2, 0) is 0 Å². The van der Waals surface area contributed by atoms with Crippen LogP contribution in [-0.4, -0.2) is 5.38 Å². The predicted molar refractivity (Wildman–Crippen MR) is 50.9 cm³/mol. The average Bonchev–Trinajstić information content (AvgIpc) is 1.93. The molecule has 0 bridgehead atoms. The molecule has 0 aromatic heterocycles. The van der Waals surface area contributed by atoms with E-state index in [0.717, 1.165) is 12.8 Å². The van der Waals surface area contributed by atoms with Crippen molar-refractivity contribution in [3.05, 3.63) is 23.8 Å². The van der Waals surface area contributed by atoms with Gasteiger partial charge in [-0.15, -0.1) is 11.6 Å². The van der Waals surface area contributed by atoms with E-state index in [0.29, 0.717) is 5.92 Å². The van der Waals surface area contributed by atoms with Crippen molar-refractivity contribution < 1.29 is 0 Å². The molecule has 0 radical (unpaired) electrons. The zero-order valence-electron chi connectivity index (χ0n) is 7.18. The number of hydrogen-bond acceptors (Lipinski definition) is 0. The molecule has 1 rings (SSSR count). The van der Waals surface area contributed by atoms with Gasteiger partial charge in [-0.3, -0.25) is 0 Å². The molecule has 11 heavy (non-hydrogen) atoms. The first-order valence-electron chi connectivity index (χ1n) is 4.20. The Balaban J connectivity index is 2.54. The van der Waals surface area contributed by atoms with Crippen LogP contribution in [0.4, 0.5) is 0 Å². The van der Waals surface area contributed by atoms with Gasteiger partial charge in [-0.1, -0.05) is 37.6 Å². The van der Waals surface area contributed by atoms with E-state index in [4.69, 9.17) is 11.6 Å². The summed E-state index contributed by atoms with van der Waals surface area (Å²) in [5.41, 5.74) is 1.39. The topological polar surface area (TPSA) is 0 Å². The average molecular weight is 171 g/mol. The van der Waals surface area contributed by atoms with Crippen LogP contribution >= 0.6 is 11.6 Å². The first-order chi connectivity index (χ1) is 5.20. The molecule has 0 spiro atoms. The first-order valence-corrected chi connectivity index (χ1v) is 4.63. The van der Waals surface area contributed by atoms with E-state index in [1.807, 2.05) is 0 Å². The Morgan fingerprint density at radius 1 is 1.64 bits per heavy atom. The molecule has 1 atom stereocenters. The molecular weight excluding hydrogens is 156 g/mol. The van der Waals surface area contributed by atoms with E-state index in [9.17, 15) is 0 Å². The lowest BCUT2D eigenvalue weighted by atomic mass is 9.96. The predicted octanol–water partition coefficient (Wildman–Crippen LogP) is 3.53. The van der Waals surface area contributed by atoms with Crippen LogP contribution in [0.2, 0.25) is 0 Å². The van der Waals surface area contributed by atoms with Gasteiger partial charge in [0.2, 0.25) is 0 Å². The molecule has 1 aliphatic rings. The second-order valence-corrected chi connectivity index (χ2v) is 4.00. The van der Waals surface area contributed by atoms with Crippen LogP contribution in [0, 0.1) is 5.92 Å². The summed E-state index contributed by atoms with van der Waals surface area (Å²) >= 11 is 6.11. The third-order valence-corrected chi connectivity index (χ3v) is 2.29. The van der Waals surface area contributed by atoms with Crippen LogP contribution < -0.4 is 0 Å². The summed E-state index contributed by atoms with van der Waals surface area (Å²) in [6.45, 7) is 4.45. The van der Waals surface area contributed by atoms with Crippen molar-refractivity contribution in [3.63, 3.8) is 0 Å². The summed E-state index contributed by atoms with van der Waals surface area (Å²) < 4.78 is 0. The van der Waals surface area contributed by atoms with Gasteiger partial charge in [-0.25, -0.2) is 0 Å². The van der Waals surface area contributed by atoms with Crippen molar-refractivity contribution in [1.82, 2.24) is 0 Å². The second-order valence-electron chi connectivity index (χ2n) is 3.47. The number of alkyl halides is 1. The van der Waals surface area contributed by atoms with E-state index in [1.54, 1.807) is 0 Å². The minimum atomic E-state index is 0.252. The quantitative estimate of drug-likeness (QED) is 0.557. The molecule has 1 aliphatic carbocycles. The summed E-state index contributed by atoms with van der Waals surface area (Å²) in [5, 5.41) is 0.252. The smallest absolute Gasteiger partial charge is 0.0582 e. The van der Waals surface area contributed by atoms with Gasteiger partial charge in [0.1, 0.15) is 0 Å². The lowest BCUT2D eigenvalue weighted by Crippen LogP contribution is -2.07.